The highest BCUT2D eigenvalue weighted by Gasteiger charge is 2.18. The van der Waals surface area contributed by atoms with Crippen LogP contribution in [0.1, 0.15) is 24.8 Å². The van der Waals surface area contributed by atoms with Crippen molar-refractivity contribution < 1.29 is 14.3 Å². The quantitative estimate of drug-likeness (QED) is 0.729. The second kappa shape index (κ2) is 10.2. The van der Waals surface area contributed by atoms with E-state index in [2.05, 4.69) is 5.32 Å². The molecule has 1 fully saturated rings. The molecule has 3 rings (SSSR count). The SMILES string of the molecule is CN(CCOc1ccc(Cl)cc1)C(=O)Nc1cccc(CN2CCCCC2=O)c1. The van der Waals surface area contributed by atoms with Crippen LogP contribution in [0.4, 0.5) is 10.5 Å². The largest absolute Gasteiger partial charge is 0.492 e. The van der Waals surface area contributed by atoms with Crippen molar-refractivity contribution in [3.63, 3.8) is 0 Å². The predicted octanol–water partition coefficient (Wildman–Crippen LogP) is 4.40. The van der Waals surface area contributed by atoms with E-state index in [-0.39, 0.29) is 11.9 Å². The number of amides is 3. The van der Waals surface area contributed by atoms with E-state index in [4.69, 9.17) is 16.3 Å². The number of carbonyl (C=O) groups is 2. The van der Waals surface area contributed by atoms with Gasteiger partial charge in [0.15, 0.2) is 0 Å². The summed E-state index contributed by atoms with van der Waals surface area (Å²) in [5.74, 6) is 0.911. The topological polar surface area (TPSA) is 61.9 Å². The third kappa shape index (κ3) is 6.39. The number of likely N-dealkylation sites (N-methyl/N-ethyl adjacent to an activating group) is 1. The highest BCUT2D eigenvalue weighted by atomic mass is 35.5. The molecule has 1 saturated heterocycles. The zero-order chi connectivity index (χ0) is 20.6. The summed E-state index contributed by atoms with van der Waals surface area (Å²) in [5.41, 5.74) is 1.72. The summed E-state index contributed by atoms with van der Waals surface area (Å²) in [6.07, 6.45) is 2.64. The monoisotopic (exact) mass is 415 g/mol. The van der Waals surface area contributed by atoms with Crippen LogP contribution in [0.3, 0.4) is 0 Å². The number of ether oxygens (including phenoxy) is 1. The number of hydrogen-bond acceptors (Lipinski definition) is 3. The number of nitrogens with zero attached hydrogens (tertiary/aromatic N) is 2. The maximum Gasteiger partial charge on any atom is 0.321 e. The first-order valence-corrected chi connectivity index (χ1v) is 10.2. The molecule has 154 valence electrons. The van der Waals surface area contributed by atoms with Gasteiger partial charge in [0.2, 0.25) is 5.91 Å². The van der Waals surface area contributed by atoms with Gasteiger partial charge >= 0.3 is 6.03 Å². The summed E-state index contributed by atoms with van der Waals surface area (Å²) >= 11 is 5.85. The molecule has 1 aliphatic heterocycles. The Hall–Kier alpha value is -2.73. The number of piperidine rings is 1. The van der Waals surface area contributed by atoms with E-state index in [1.807, 2.05) is 29.2 Å². The van der Waals surface area contributed by atoms with Crippen molar-refractivity contribution in [3.8, 4) is 5.75 Å². The fourth-order valence-electron chi connectivity index (χ4n) is 3.15. The number of urea groups is 1. The molecule has 0 spiro atoms. The molecular weight excluding hydrogens is 390 g/mol. The maximum absolute atomic E-state index is 12.4. The fraction of sp³-hybridized carbons (Fsp3) is 0.364. The Bertz CT molecular complexity index is 841. The summed E-state index contributed by atoms with van der Waals surface area (Å²) < 4.78 is 5.63. The third-order valence-electron chi connectivity index (χ3n) is 4.83. The lowest BCUT2D eigenvalue weighted by molar-refractivity contribution is -0.133. The number of likely N-dealkylation sites (tertiary alicyclic amines) is 1. The molecule has 6 nitrogen and oxygen atoms in total. The summed E-state index contributed by atoms with van der Waals surface area (Å²) in [7, 11) is 1.72. The van der Waals surface area contributed by atoms with Gasteiger partial charge in [0.05, 0.1) is 6.54 Å². The lowest BCUT2D eigenvalue weighted by Gasteiger charge is -2.27. The molecule has 0 bridgehead atoms. The molecule has 0 atom stereocenters. The average molecular weight is 416 g/mol. The van der Waals surface area contributed by atoms with E-state index in [9.17, 15) is 9.59 Å². The van der Waals surface area contributed by atoms with Crippen LogP contribution in [-0.2, 0) is 11.3 Å². The van der Waals surface area contributed by atoms with Crippen LogP contribution < -0.4 is 10.1 Å². The molecule has 0 aromatic heterocycles. The van der Waals surface area contributed by atoms with Crippen molar-refractivity contribution in [1.29, 1.82) is 0 Å². The van der Waals surface area contributed by atoms with Gasteiger partial charge < -0.3 is 19.9 Å². The first-order chi connectivity index (χ1) is 14.0. The highest BCUT2D eigenvalue weighted by molar-refractivity contribution is 6.30. The van der Waals surface area contributed by atoms with Gasteiger partial charge in [0, 0.05) is 37.3 Å². The Morgan fingerprint density at radius 3 is 2.76 bits per heavy atom. The molecule has 3 amide bonds. The molecule has 2 aromatic rings. The van der Waals surface area contributed by atoms with Crippen LogP contribution in [0.15, 0.2) is 48.5 Å². The molecule has 0 radical (unpaired) electrons. The summed E-state index contributed by atoms with van der Waals surface area (Å²) in [5, 5.41) is 3.55. The lowest BCUT2D eigenvalue weighted by Crippen LogP contribution is -2.35. The molecule has 7 heteroatoms. The van der Waals surface area contributed by atoms with Gasteiger partial charge in [0.1, 0.15) is 12.4 Å². The van der Waals surface area contributed by atoms with Crippen molar-refractivity contribution in [1.82, 2.24) is 9.80 Å². The maximum atomic E-state index is 12.4. The van der Waals surface area contributed by atoms with E-state index in [0.29, 0.717) is 42.6 Å². The minimum Gasteiger partial charge on any atom is -0.492 e. The predicted molar refractivity (Wildman–Crippen MR) is 114 cm³/mol. The van der Waals surface area contributed by atoms with Crippen LogP contribution in [0, 0.1) is 0 Å². The van der Waals surface area contributed by atoms with E-state index in [1.54, 1.807) is 36.2 Å². The van der Waals surface area contributed by atoms with E-state index < -0.39 is 0 Å². The zero-order valence-corrected chi connectivity index (χ0v) is 17.3. The van der Waals surface area contributed by atoms with E-state index in [0.717, 1.165) is 24.9 Å². The number of carbonyl (C=O) groups excluding carboxylic acids is 2. The van der Waals surface area contributed by atoms with Crippen molar-refractivity contribution >= 4 is 29.2 Å². The molecule has 0 unspecified atom stereocenters. The van der Waals surface area contributed by atoms with Crippen molar-refractivity contribution in [3.05, 3.63) is 59.1 Å². The average Bonchev–Trinajstić information content (AvgIpc) is 2.71. The molecule has 0 aliphatic carbocycles. The second-order valence-electron chi connectivity index (χ2n) is 7.13. The van der Waals surface area contributed by atoms with Gasteiger partial charge in [-0.15, -0.1) is 0 Å². The van der Waals surface area contributed by atoms with Crippen molar-refractivity contribution in [2.24, 2.45) is 0 Å². The Balaban J connectivity index is 1.47. The standard InChI is InChI=1S/C22H26ClN3O3/c1-25(13-14-29-20-10-8-18(23)9-11-20)22(28)24-19-6-4-5-17(15-19)16-26-12-3-2-7-21(26)27/h4-6,8-11,15H,2-3,7,12-14,16H2,1H3,(H,24,28). The van der Waals surface area contributed by atoms with Crippen LogP contribution in [0.5, 0.6) is 5.75 Å². The van der Waals surface area contributed by atoms with Crippen LogP contribution in [-0.4, -0.2) is 48.5 Å². The van der Waals surface area contributed by atoms with Crippen LogP contribution in [0.25, 0.3) is 0 Å². The minimum atomic E-state index is -0.212. The number of benzene rings is 2. The first-order valence-electron chi connectivity index (χ1n) is 9.78. The molecule has 29 heavy (non-hydrogen) atoms. The van der Waals surface area contributed by atoms with Crippen molar-refractivity contribution in [2.45, 2.75) is 25.8 Å². The summed E-state index contributed by atoms with van der Waals surface area (Å²) in [6, 6.07) is 14.5. The first kappa shape index (κ1) is 21.0. The van der Waals surface area contributed by atoms with Crippen LogP contribution >= 0.6 is 11.6 Å². The Kier molecular flexibility index (Phi) is 7.36. The Morgan fingerprint density at radius 1 is 1.21 bits per heavy atom. The summed E-state index contributed by atoms with van der Waals surface area (Å²) in [6.45, 7) is 2.19. The normalized spacial score (nSPS) is 13.9. The smallest absolute Gasteiger partial charge is 0.321 e. The fourth-order valence-corrected chi connectivity index (χ4v) is 3.27. The van der Waals surface area contributed by atoms with Crippen molar-refractivity contribution in [2.75, 3.05) is 32.1 Å². The number of halogens is 1. The number of nitrogens with one attached hydrogen (secondary N) is 1. The Morgan fingerprint density at radius 2 is 2.00 bits per heavy atom. The van der Waals surface area contributed by atoms with Gasteiger partial charge in [-0.05, 0) is 54.8 Å². The molecule has 0 saturated carbocycles. The molecular formula is C22H26ClN3O3. The van der Waals surface area contributed by atoms with E-state index >= 15 is 0 Å². The molecule has 1 heterocycles. The molecule has 1 aliphatic rings. The number of anilines is 1. The van der Waals surface area contributed by atoms with E-state index in [1.165, 1.54) is 0 Å². The zero-order valence-electron chi connectivity index (χ0n) is 16.6. The highest BCUT2D eigenvalue weighted by Crippen LogP contribution is 2.18. The molecule has 1 N–H and O–H groups in total. The van der Waals surface area contributed by atoms with Crippen LogP contribution in [0.2, 0.25) is 5.02 Å². The third-order valence-corrected chi connectivity index (χ3v) is 5.08. The number of rotatable bonds is 7. The summed E-state index contributed by atoms with van der Waals surface area (Å²) in [4.78, 5) is 27.9. The molecule has 2 aromatic carbocycles. The van der Waals surface area contributed by atoms with Gasteiger partial charge in [-0.1, -0.05) is 23.7 Å². The van der Waals surface area contributed by atoms with Gasteiger partial charge in [0.25, 0.3) is 0 Å². The van der Waals surface area contributed by atoms with Gasteiger partial charge in [-0.3, -0.25) is 4.79 Å². The number of hydrogen-bond donors (Lipinski definition) is 1. The second-order valence-corrected chi connectivity index (χ2v) is 7.56. The van der Waals surface area contributed by atoms with Gasteiger partial charge in [-0.25, -0.2) is 4.79 Å². The van der Waals surface area contributed by atoms with Gasteiger partial charge in [-0.2, -0.15) is 0 Å². The lowest BCUT2D eigenvalue weighted by atomic mass is 10.1. The minimum absolute atomic E-state index is 0.200. The Labute approximate surface area is 176 Å².